The summed E-state index contributed by atoms with van der Waals surface area (Å²) in [6.07, 6.45) is 0. The van der Waals surface area contributed by atoms with Gasteiger partial charge in [-0.25, -0.2) is 0 Å². The second kappa shape index (κ2) is 6.61. The average Bonchev–Trinajstić information content (AvgIpc) is 3.07. The van der Waals surface area contributed by atoms with Crippen LogP contribution >= 0.6 is 0 Å². The van der Waals surface area contributed by atoms with Gasteiger partial charge in [0.25, 0.3) is 11.8 Å². The van der Waals surface area contributed by atoms with Crippen LogP contribution in [0.2, 0.25) is 0 Å². The van der Waals surface area contributed by atoms with Crippen molar-refractivity contribution in [1.82, 2.24) is 10.6 Å². The number of amides is 2. The normalized spacial score (nSPS) is 24.6. The molecule has 1 aliphatic heterocycles. The molecular formula is C20H22N2O4. The fourth-order valence-electron chi connectivity index (χ4n) is 3.72. The van der Waals surface area contributed by atoms with Crippen LogP contribution in [0.4, 0.5) is 0 Å². The number of rotatable bonds is 5. The maximum atomic E-state index is 12.9. The van der Waals surface area contributed by atoms with Crippen LogP contribution in [0, 0.1) is 11.8 Å². The Bertz CT molecular complexity index is 820. The molecule has 136 valence electrons. The van der Waals surface area contributed by atoms with Crippen LogP contribution in [0.3, 0.4) is 0 Å². The second-order valence-electron chi connectivity index (χ2n) is 6.96. The van der Waals surface area contributed by atoms with Gasteiger partial charge >= 0.3 is 0 Å². The first-order chi connectivity index (χ1) is 12.6. The quantitative estimate of drug-likeness (QED) is 0.862. The Kier molecular flexibility index (Phi) is 4.28. The van der Waals surface area contributed by atoms with Gasteiger partial charge in [0.15, 0.2) is 5.76 Å². The minimum absolute atomic E-state index is 0.141. The van der Waals surface area contributed by atoms with Crippen LogP contribution in [0.25, 0.3) is 0 Å². The SMILES string of the molecule is CNC(=O)c1cc(C(=O)NC2[C@H]3COC[C@@H]23)c(C(C)c2ccccc2)o1. The zero-order valence-electron chi connectivity index (χ0n) is 14.8. The molecule has 2 N–H and O–H groups in total. The van der Waals surface area contributed by atoms with E-state index in [2.05, 4.69) is 10.6 Å². The third-order valence-corrected chi connectivity index (χ3v) is 5.40. The molecule has 2 aromatic rings. The van der Waals surface area contributed by atoms with Gasteiger partial charge in [0.05, 0.1) is 18.8 Å². The summed E-state index contributed by atoms with van der Waals surface area (Å²) in [6, 6.07) is 11.5. The lowest BCUT2D eigenvalue weighted by Gasteiger charge is -2.12. The predicted octanol–water partition coefficient (Wildman–Crippen LogP) is 2.17. The second-order valence-corrected chi connectivity index (χ2v) is 6.96. The lowest BCUT2D eigenvalue weighted by Crippen LogP contribution is -2.30. The summed E-state index contributed by atoms with van der Waals surface area (Å²) < 4.78 is 11.2. The van der Waals surface area contributed by atoms with Gasteiger partial charge in [0, 0.05) is 36.9 Å². The largest absolute Gasteiger partial charge is 0.454 e. The van der Waals surface area contributed by atoms with Crippen molar-refractivity contribution in [3.8, 4) is 0 Å². The number of furan rings is 1. The molecule has 0 spiro atoms. The molecule has 0 bridgehead atoms. The van der Waals surface area contributed by atoms with Gasteiger partial charge in [0.2, 0.25) is 0 Å². The lowest BCUT2D eigenvalue weighted by molar-refractivity contribution is 0.0919. The van der Waals surface area contributed by atoms with E-state index in [1.54, 1.807) is 0 Å². The third-order valence-electron chi connectivity index (χ3n) is 5.40. The van der Waals surface area contributed by atoms with Gasteiger partial charge in [-0.3, -0.25) is 9.59 Å². The molecule has 26 heavy (non-hydrogen) atoms. The molecule has 1 aromatic heterocycles. The standard InChI is InChI=1S/C20H22N2O4/c1-11(12-6-4-3-5-7-12)18-13(8-16(26-18)20(24)21-2)19(23)22-17-14-9-25-10-15(14)17/h3-8,11,14-15,17H,9-10H2,1-2H3,(H,21,24)(H,22,23)/t11?,14-,15+,17?. The molecule has 2 aliphatic rings. The number of fused-ring (bicyclic) bond motifs is 1. The molecule has 1 aliphatic carbocycles. The number of carbonyl (C=O) groups is 2. The topological polar surface area (TPSA) is 80.6 Å². The van der Waals surface area contributed by atoms with E-state index in [1.165, 1.54) is 13.1 Å². The summed E-state index contributed by atoms with van der Waals surface area (Å²) in [6.45, 7) is 3.38. The zero-order chi connectivity index (χ0) is 18.3. The maximum absolute atomic E-state index is 12.9. The molecular weight excluding hydrogens is 332 g/mol. The van der Waals surface area contributed by atoms with Crippen LogP contribution in [0.5, 0.6) is 0 Å². The van der Waals surface area contributed by atoms with E-state index in [4.69, 9.17) is 9.15 Å². The summed E-state index contributed by atoms with van der Waals surface area (Å²) in [4.78, 5) is 24.9. The molecule has 6 nitrogen and oxygen atoms in total. The van der Waals surface area contributed by atoms with Gasteiger partial charge in [-0.05, 0) is 5.56 Å². The van der Waals surface area contributed by atoms with Crippen LogP contribution in [0.15, 0.2) is 40.8 Å². The van der Waals surface area contributed by atoms with Gasteiger partial charge in [-0.1, -0.05) is 37.3 Å². The van der Waals surface area contributed by atoms with E-state index in [0.29, 0.717) is 36.4 Å². The number of ether oxygens (including phenoxy) is 1. The van der Waals surface area contributed by atoms with Crippen molar-refractivity contribution in [2.45, 2.75) is 18.9 Å². The number of nitrogens with one attached hydrogen (secondary N) is 2. The monoisotopic (exact) mass is 354 g/mol. The molecule has 2 fully saturated rings. The number of hydrogen-bond acceptors (Lipinski definition) is 4. The highest BCUT2D eigenvalue weighted by Gasteiger charge is 2.55. The molecule has 2 amide bonds. The highest BCUT2D eigenvalue weighted by Crippen LogP contribution is 2.44. The smallest absolute Gasteiger partial charge is 0.286 e. The third kappa shape index (κ3) is 2.90. The molecule has 1 saturated carbocycles. The first-order valence-corrected chi connectivity index (χ1v) is 8.89. The number of hydrogen-bond donors (Lipinski definition) is 2. The summed E-state index contributed by atoms with van der Waals surface area (Å²) >= 11 is 0. The van der Waals surface area contributed by atoms with E-state index in [9.17, 15) is 9.59 Å². The van der Waals surface area contributed by atoms with Crippen LogP contribution in [-0.2, 0) is 4.74 Å². The Morgan fingerprint density at radius 1 is 1.12 bits per heavy atom. The van der Waals surface area contributed by atoms with Crippen molar-refractivity contribution < 1.29 is 18.7 Å². The van der Waals surface area contributed by atoms with Crippen molar-refractivity contribution in [3.05, 3.63) is 59.0 Å². The van der Waals surface area contributed by atoms with E-state index in [0.717, 1.165) is 5.56 Å². The van der Waals surface area contributed by atoms with E-state index < -0.39 is 0 Å². The predicted molar refractivity (Wildman–Crippen MR) is 95.1 cm³/mol. The van der Waals surface area contributed by atoms with Crippen molar-refractivity contribution in [2.24, 2.45) is 11.8 Å². The molecule has 2 heterocycles. The van der Waals surface area contributed by atoms with Gasteiger partial charge in [0.1, 0.15) is 5.76 Å². The molecule has 2 unspecified atom stereocenters. The fourth-order valence-corrected chi connectivity index (χ4v) is 3.72. The Hall–Kier alpha value is -2.60. The average molecular weight is 354 g/mol. The first-order valence-electron chi connectivity index (χ1n) is 8.89. The summed E-state index contributed by atoms with van der Waals surface area (Å²) in [5, 5.41) is 5.62. The van der Waals surface area contributed by atoms with Gasteiger partial charge < -0.3 is 19.8 Å². The van der Waals surface area contributed by atoms with Crippen molar-refractivity contribution in [1.29, 1.82) is 0 Å². The number of benzene rings is 1. The fraction of sp³-hybridized carbons (Fsp3) is 0.400. The molecule has 0 radical (unpaired) electrons. The van der Waals surface area contributed by atoms with Gasteiger partial charge in [-0.15, -0.1) is 0 Å². The van der Waals surface area contributed by atoms with E-state index in [1.807, 2.05) is 37.3 Å². The molecule has 6 heteroatoms. The Labute approximate surface area is 151 Å². The summed E-state index contributed by atoms with van der Waals surface area (Å²) in [7, 11) is 1.54. The van der Waals surface area contributed by atoms with Crippen LogP contribution in [0.1, 0.15) is 45.1 Å². The zero-order valence-corrected chi connectivity index (χ0v) is 14.8. The Morgan fingerprint density at radius 3 is 2.46 bits per heavy atom. The maximum Gasteiger partial charge on any atom is 0.286 e. The molecule has 1 saturated heterocycles. The minimum atomic E-state index is -0.345. The lowest BCUT2D eigenvalue weighted by atomic mass is 9.96. The number of carbonyl (C=O) groups excluding carboxylic acids is 2. The molecule has 1 aromatic carbocycles. The van der Waals surface area contributed by atoms with E-state index in [-0.39, 0.29) is 29.5 Å². The van der Waals surface area contributed by atoms with Crippen LogP contribution in [-0.4, -0.2) is 38.1 Å². The highest BCUT2D eigenvalue weighted by molar-refractivity contribution is 5.99. The van der Waals surface area contributed by atoms with Crippen LogP contribution < -0.4 is 10.6 Å². The molecule has 4 rings (SSSR count). The highest BCUT2D eigenvalue weighted by atomic mass is 16.5. The summed E-state index contributed by atoms with van der Waals surface area (Å²) in [5.41, 5.74) is 1.45. The van der Waals surface area contributed by atoms with Gasteiger partial charge in [-0.2, -0.15) is 0 Å². The molecule has 4 atom stereocenters. The van der Waals surface area contributed by atoms with E-state index >= 15 is 0 Å². The van der Waals surface area contributed by atoms with Crippen molar-refractivity contribution in [2.75, 3.05) is 20.3 Å². The first kappa shape index (κ1) is 16.8. The Balaban J connectivity index is 1.62. The Morgan fingerprint density at radius 2 is 1.81 bits per heavy atom. The minimum Gasteiger partial charge on any atom is -0.454 e. The van der Waals surface area contributed by atoms with Crippen molar-refractivity contribution in [3.63, 3.8) is 0 Å². The van der Waals surface area contributed by atoms with Crippen molar-refractivity contribution >= 4 is 11.8 Å². The summed E-state index contributed by atoms with van der Waals surface area (Å²) in [5.74, 6) is 0.809.